The summed E-state index contributed by atoms with van der Waals surface area (Å²) in [6, 6.07) is 3.41. The second-order valence-corrected chi connectivity index (χ2v) is 4.86. The van der Waals surface area contributed by atoms with Crippen LogP contribution in [0.15, 0.2) is 35.3 Å². The van der Waals surface area contributed by atoms with E-state index in [0.29, 0.717) is 16.7 Å². The summed E-state index contributed by atoms with van der Waals surface area (Å²) in [4.78, 5) is 17.8. The van der Waals surface area contributed by atoms with Gasteiger partial charge < -0.3 is 4.90 Å². The van der Waals surface area contributed by atoms with Crippen LogP contribution in [-0.4, -0.2) is 32.6 Å². The Bertz CT molecular complexity index is 567. The Morgan fingerprint density at radius 2 is 2.33 bits per heavy atom. The summed E-state index contributed by atoms with van der Waals surface area (Å²) in [6.07, 6.45) is 5.26. The first-order valence-electron chi connectivity index (χ1n) is 5.41. The van der Waals surface area contributed by atoms with Crippen LogP contribution in [0.4, 0.5) is 0 Å². The lowest BCUT2D eigenvalue weighted by Gasteiger charge is -2.16. The summed E-state index contributed by atoms with van der Waals surface area (Å²) < 4.78 is 2.37. The molecule has 6 heteroatoms. The van der Waals surface area contributed by atoms with Gasteiger partial charge in [-0.25, -0.2) is 4.98 Å². The van der Waals surface area contributed by atoms with Crippen molar-refractivity contribution in [3.8, 4) is 0 Å². The Kier molecular flexibility index (Phi) is 3.76. The predicted octanol–water partition coefficient (Wildman–Crippen LogP) is 1.85. The number of carbonyl (C=O) groups excluding carboxylic acids is 1. The normalized spacial score (nSPS) is 10.4. The molecule has 2 heterocycles. The summed E-state index contributed by atoms with van der Waals surface area (Å²) in [6.45, 7) is 0.534. The SMILES string of the molecule is CN(Cc1cnn(C)c1)C(=O)c1ccnc(Br)c1. The third-order valence-corrected chi connectivity index (χ3v) is 2.93. The Balaban J connectivity index is 2.09. The lowest BCUT2D eigenvalue weighted by atomic mass is 10.2. The van der Waals surface area contributed by atoms with E-state index >= 15 is 0 Å². The third-order valence-electron chi connectivity index (χ3n) is 2.50. The van der Waals surface area contributed by atoms with E-state index in [4.69, 9.17) is 0 Å². The highest BCUT2D eigenvalue weighted by molar-refractivity contribution is 9.10. The Labute approximate surface area is 114 Å². The van der Waals surface area contributed by atoms with Gasteiger partial charge >= 0.3 is 0 Å². The molecule has 0 aliphatic rings. The maximum atomic E-state index is 12.2. The highest BCUT2D eigenvalue weighted by Crippen LogP contribution is 2.11. The maximum Gasteiger partial charge on any atom is 0.254 e. The molecule has 0 unspecified atom stereocenters. The highest BCUT2D eigenvalue weighted by atomic mass is 79.9. The topological polar surface area (TPSA) is 51.0 Å². The smallest absolute Gasteiger partial charge is 0.254 e. The molecular weight excluding hydrogens is 296 g/mol. The molecule has 0 aliphatic carbocycles. The van der Waals surface area contributed by atoms with Gasteiger partial charge in [0.05, 0.1) is 6.20 Å². The summed E-state index contributed by atoms with van der Waals surface area (Å²) >= 11 is 3.25. The number of pyridine rings is 1. The van der Waals surface area contributed by atoms with E-state index in [-0.39, 0.29) is 5.91 Å². The monoisotopic (exact) mass is 308 g/mol. The van der Waals surface area contributed by atoms with Crippen LogP contribution in [0.1, 0.15) is 15.9 Å². The van der Waals surface area contributed by atoms with Gasteiger partial charge in [-0.1, -0.05) is 0 Å². The van der Waals surface area contributed by atoms with Crippen molar-refractivity contribution in [1.82, 2.24) is 19.7 Å². The van der Waals surface area contributed by atoms with Crippen LogP contribution in [0.5, 0.6) is 0 Å². The molecule has 18 heavy (non-hydrogen) atoms. The molecule has 0 radical (unpaired) electrons. The van der Waals surface area contributed by atoms with Crippen molar-refractivity contribution in [1.29, 1.82) is 0 Å². The highest BCUT2D eigenvalue weighted by Gasteiger charge is 2.13. The van der Waals surface area contributed by atoms with E-state index in [2.05, 4.69) is 26.0 Å². The second kappa shape index (κ2) is 5.30. The first-order valence-corrected chi connectivity index (χ1v) is 6.20. The minimum atomic E-state index is -0.0399. The molecule has 0 aromatic carbocycles. The van der Waals surface area contributed by atoms with Crippen LogP contribution < -0.4 is 0 Å². The molecule has 0 N–H and O–H groups in total. The number of halogens is 1. The minimum absolute atomic E-state index is 0.0399. The number of nitrogens with zero attached hydrogens (tertiary/aromatic N) is 4. The third kappa shape index (κ3) is 2.95. The van der Waals surface area contributed by atoms with Crippen LogP contribution >= 0.6 is 15.9 Å². The first kappa shape index (κ1) is 12.8. The van der Waals surface area contributed by atoms with Crippen molar-refractivity contribution in [2.45, 2.75) is 6.54 Å². The molecule has 0 aliphatic heterocycles. The quantitative estimate of drug-likeness (QED) is 0.813. The van der Waals surface area contributed by atoms with E-state index in [9.17, 15) is 4.79 Å². The molecule has 5 nitrogen and oxygen atoms in total. The molecule has 0 saturated carbocycles. The molecular formula is C12H13BrN4O. The zero-order valence-electron chi connectivity index (χ0n) is 10.2. The zero-order chi connectivity index (χ0) is 13.1. The van der Waals surface area contributed by atoms with Gasteiger partial charge in [0.2, 0.25) is 0 Å². The predicted molar refractivity (Wildman–Crippen MR) is 70.9 cm³/mol. The largest absolute Gasteiger partial charge is 0.337 e. The van der Waals surface area contributed by atoms with Gasteiger partial charge in [-0.3, -0.25) is 9.48 Å². The van der Waals surface area contributed by atoms with E-state index in [1.54, 1.807) is 41.2 Å². The molecule has 2 aromatic heterocycles. The fourth-order valence-electron chi connectivity index (χ4n) is 1.66. The molecule has 94 valence electrons. The minimum Gasteiger partial charge on any atom is -0.337 e. The van der Waals surface area contributed by atoms with Crippen LogP contribution in [-0.2, 0) is 13.6 Å². The summed E-state index contributed by atoms with van der Waals surface area (Å²) in [5.41, 5.74) is 1.62. The Morgan fingerprint density at radius 3 is 2.94 bits per heavy atom. The number of hydrogen-bond donors (Lipinski definition) is 0. The van der Waals surface area contributed by atoms with E-state index in [1.807, 2.05) is 13.2 Å². The van der Waals surface area contributed by atoms with E-state index in [0.717, 1.165) is 5.56 Å². The van der Waals surface area contributed by atoms with Gasteiger partial charge in [-0.2, -0.15) is 5.10 Å². The van der Waals surface area contributed by atoms with Crippen molar-refractivity contribution in [3.05, 3.63) is 46.5 Å². The molecule has 0 atom stereocenters. The summed E-state index contributed by atoms with van der Waals surface area (Å²) in [7, 11) is 3.62. The van der Waals surface area contributed by atoms with Crippen molar-refractivity contribution >= 4 is 21.8 Å². The molecule has 0 bridgehead atoms. The average molecular weight is 309 g/mol. The van der Waals surface area contributed by atoms with Crippen LogP contribution in [0, 0.1) is 0 Å². The number of hydrogen-bond acceptors (Lipinski definition) is 3. The molecule has 2 aromatic rings. The molecule has 2 rings (SSSR count). The summed E-state index contributed by atoms with van der Waals surface area (Å²) in [5, 5.41) is 4.08. The van der Waals surface area contributed by atoms with Crippen molar-refractivity contribution in [2.75, 3.05) is 7.05 Å². The van der Waals surface area contributed by atoms with Crippen molar-refractivity contribution in [2.24, 2.45) is 7.05 Å². The van der Waals surface area contributed by atoms with Gasteiger partial charge in [0, 0.05) is 44.2 Å². The molecule has 0 fully saturated rings. The van der Waals surface area contributed by atoms with Crippen molar-refractivity contribution < 1.29 is 4.79 Å². The summed E-state index contributed by atoms with van der Waals surface area (Å²) in [5.74, 6) is -0.0399. The van der Waals surface area contributed by atoms with Crippen LogP contribution in [0.2, 0.25) is 0 Å². The van der Waals surface area contributed by atoms with Crippen LogP contribution in [0.3, 0.4) is 0 Å². The number of amides is 1. The zero-order valence-corrected chi connectivity index (χ0v) is 11.8. The fraction of sp³-hybridized carbons (Fsp3) is 0.250. The molecule has 0 saturated heterocycles. The fourth-order valence-corrected chi connectivity index (χ4v) is 2.02. The second-order valence-electron chi connectivity index (χ2n) is 4.05. The van der Waals surface area contributed by atoms with Crippen molar-refractivity contribution in [3.63, 3.8) is 0 Å². The standard InChI is InChI=1S/C12H13BrN4O/c1-16(7-9-6-15-17(2)8-9)12(18)10-3-4-14-11(13)5-10/h3-6,8H,7H2,1-2H3. The van der Waals surface area contributed by atoms with Gasteiger partial charge in [-0.15, -0.1) is 0 Å². The number of aromatic nitrogens is 3. The van der Waals surface area contributed by atoms with Gasteiger partial charge in [-0.05, 0) is 28.1 Å². The van der Waals surface area contributed by atoms with Crippen LogP contribution in [0.25, 0.3) is 0 Å². The number of carbonyl (C=O) groups is 1. The van der Waals surface area contributed by atoms with Gasteiger partial charge in [0.25, 0.3) is 5.91 Å². The van der Waals surface area contributed by atoms with E-state index < -0.39 is 0 Å². The molecule has 1 amide bonds. The Morgan fingerprint density at radius 1 is 1.56 bits per heavy atom. The lowest BCUT2D eigenvalue weighted by Crippen LogP contribution is -2.26. The lowest BCUT2D eigenvalue weighted by molar-refractivity contribution is 0.0785. The maximum absolute atomic E-state index is 12.2. The number of rotatable bonds is 3. The van der Waals surface area contributed by atoms with Gasteiger partial charge in [0.15, 0.2) is 0 Å². The Hall–Kier alpha value is -1.69. The van der Waals surface area contributed by atoms with Gasteiger partial charge in [0.1, 0.15) is 4.60 Å². The van der Waals surface area contributed by atoms with E-state index in [1.165, 1.54) is 0 Å². The average Bonchev–Trinajstić information content (AvgIpc) is 2.73. The first-order chi connectivity index (χ1) is 8.56. The number of aryl methyl sites for hydroxylation is 1. The molecule has 0 spiro atoms.